The van der Waals surface area contributed by atoms with Crippen LogP contribution in [0.25, 0.3) is 0 Å². The summed E-state index contributed by atoms with van der Waals surface area (Å²) in [6.45, 7) is 4.62. The first-order valence-corrected chi connectivity index (χ1v) is 5.38. The van der Waals surface area contributed by atoms with Gasteiger partial charge in [-0.25, -0.2) is 9.97 Å². The summed E-state index contributed by atoms with van der Waals surface area (Å²) in [5, 5.41) is 3.27. The number of aromatic nitrogens is 2. The number of hydrogen-bond donors (Lipinski definition) is 2. The summed E-state index contributed by atoms with van der Waals surface area (Å²) in [4.78, 5) is 8.35. The Balaban J connectivity index is 2.70. The van der Waals surface area contributed by atoms with Crippen molar-refractivity contribution in [3.63, 3.8) is 0 Å². The number of nitrogens with one attached hydrogen (secondary N) is 1. The molecule has 4 nitrogen and oxygen atoms in total. The van der Waals surface area contributed by atoms with Crippen LogP contribution in [0.5, 0.6) is 0 Å². The van der Waals surface area contributed by atoms with Crippen LogP contribution in [0, 0.1) is 6.92 Å². The first-order valence-electron chi connectivity index (χ1n) is 4.59. The van der Waals surface area contributed by atoms with E-state index < -0.39 is 0 Å². The van der Waals surface area contributed by atoms with E-state index in [-0.39, 0.29) is 0 Å². The Bertz CT molecular complexity index is 303. The molecular formula is C9H15BrN4. The van der Waals surface area contributed by atoms with E-state index in [1.54, 1.807) is 6.20 Å². The fraction of sp³-hybridized carbons (Fsp3) is 0.556. The molecule has 1 atom stereocenters. The third-order valence-corrected chi connectivity index (χ3v) is 2.43. The van der Waals surface area contributed by atoms with E-state index >= 15 is 0 Å². The van der Waals surface area contributed by atoms with Crippen molar-refractivity contribution >= 4 is 21.7 Å². The first kappa shape index (κ1) is 11.4. The first-order chi connectivity index (χ1) is 6.63. The average Bonchev–Trinajstić information content (AvgIpc) is 2.12. The largest absolute Gasteiger partial charge is 0.367 e. The quantitative estimate of drug-likeness (QED) is 0.863. The van der Waals surface area contributed by atoms with Crippen LogP contribution >= 0.6 is 15.9 Å². The number of nitrogens with zero attached hydrogens (tertiary/aromatic N) is 2. The van der Waals surface area contributed by atoms with Gasteiger partial charge in [0.2, 0.25) is 0 Å². The number of rotatable bonds is 4. The molecular weight excluding hydrogens is 244 g/mol. The van der Waals surface area contributed by atoms with Crippen molar-refractivity contribution in [3.05, 3.63) is 16.5 Å². The average molecular weight is 259 g/mol. The lowest BCUT2D eigenvalue weighted by Crippen LogP contribution is -2.20. The second-order valence-corrected chi connectivity index (χ2v) is 4.09. The summed E-state index contributed by atoms with van der Waals surface area (Å²) in [6.07, 6.45) is 2.68. The van der Waals surface area contributed by atoms with Crippen LogP contribution in [-0.2, 0) is 0 Å². The van der Waals surface area contributed by atoms with Crippen molar-refractivity contribution in [2.45, 2.75) is 26.3 Å². The zero-order chi connectivity index (χ0) is 10.6. The van der Waals surface area contributed by atoms with Crippen LogP contribution in [0.2, 0.25) is 0 Å². The van der Waals surface area contributed by atoms with Crippen LogP contribution in [-0.4, -0.2) is 22.6 Å². The van der Waals surface area contributed by atoms with Gasteiger partial charge in [-0.2, -0.15) is 0 Å². The Morgan fingerprint density at radius 3 is 3.00 bits per heavy atom. The predicted molar refractivity (Wildman–Crippen MR) is 61.2 cm³/mol. The number of hydrogen-bond acceptors (Lipinski definition) is 4. The minimum absolute atomic E-state index is 0.325. The molecule has 14 heavy (non-hydrogen) atoms. The standard InChI is InChI=1S/C9H15BrN4/c1-6(3-4-11)13-9-8(10)5-12-7(2)14-9/h5-6H,3-4,11H2,1-2H3,(H,12,13,14). The molecule has 1 rings (SSSR count). The van der Waals surface area contributed by atoms with E-state index in [1.165, 1.54) is 0 Å². The van der Waals surface area contributed by atoms with E-state index in [2.05, 4.69) is 38.1 Å². The Morgan fingerprint density at radius 2 is 2.36 bits per heavy atom. The lowest BCUT2D eigenvalue weighted by atomic mass is 10.2. The SMILES string of the molecule is Cc1ncc(Br)c(NC(C)CCN)n1. The summed E-state index contributed by atoms with van der Waals surface area (Å²) in [7, 11) is 0. The van der Waals surface area contributed by atoms with Crippen LogP contribution in [0.15, 0.2) is 10.7 Å². The third-order valence-electron chi connectivity index (χ3n) is 1.85. The van der Waals surface area contributed by atoms with Gasteiger partial charge in [-0.3, -0.25) is 0 Å². The number of nitrogens with two attached hydrogens (primary N) is 1. The molecule has 0 aromatic carbocycles. The van der Waals surface area contributed by atoms with E-state index in [0.29, 0.717) is 12.6 Å². The fourth-order valence-electron chi connectivity index (χ4n) is 1.11. The molecule has 78 valence electrons. The van der Waals surface area contributed by atoms with Gasteiger partial charge in [0, 0.05) is 12.2 Å². The van der Waals surface area contributed by atoms with E-state index in [1.807, 2.05) is 6.92 Å². The second kappa shape index (κ2) is 5.26. The molecule has 3 N–H and O–H groups in total. The highest BCUT2D eigenvalue weighted by atomic mass is 79.9. The van der Waals surface area contributed by atoms with Crippen molar-refractivity contribution in [3.8, 4) is 0 Å². The Hall–Kier alpha value is -0.680. The summed E-state index contributed by atoms with van der Waals surface area (Å²) in [6, 6.07) is 0.325. The van der Waals surface area contributed by atoms with Gasteiger partial charge in [-0.1, -0.05) is 0 Å². The highest BCUT2D eigenvalue weighted by Crippen LogP contribution is 2.19. The topological polar surface area (TPSA) is 63.8 Å². The van der Waals surface area contributed by atoms with Crippen molar-refractivity contribution in [1.29, 1.82) is 0 Å². The number of halogens is 1. The number of aryl methyl sites for hydroxylation is 1. The molecule has 1 heterocycles. The molecule has 1 unspecified atom stereocenters. The van der Waals surface area contributed by atoms with Crippen molar-refractivity contribution in [1.82, 2.24) is 9.97 Å². The third kappa shape index (κ3) is 3.23. The molecule has 0 radical (unpaired) electrons. The molecule has 0 spiro atoms. The van der Waals surface area contributed by atoms with Crippen molar-refractivity contribution < 1.29 is 0 Å². The van der Waals surface area contributed by atoms with Gasteiger partial charge in [0.25, 0.3) is 0 Å². The summed E-state index contributed by atoms with van der Waals surface area (Å²) in [5.41, 5.74) is 5.47. The molecule has 0 saturated heterocycles. The minimum Gasteiger partial charge on any atom is -0.367 e. The monoisotopic (exact) mass is 258 g/mol. The normalized spacial score (nSPS) is 12.6. The molecule has 0 fully saturated rings. The Labute approximate surface area is 92.5 Å². The van der Waals surface area contributed by atoms with Gasteiger partial charge in [0.1, 0.15) is 11.6 Å². The number of anilines is 1. The Kier molecular flexibility index (Phi) is 4.28. The smallest absolute Gasteiger partial charge is 0.144 e. The molecule has 0 bridgehead atoms. The molecule has 0 aliphatic carbocycles. The molecule has 0 aliphatic rings. The fourth-order valence-corrected chi connectivity index (χ4v) is 1.42. The van der Waals surface area contributed by atoms with Gasteiger partial charge in [-0.15, -0.1) is 0 Å². The lowest BCUT2D eigenvalue weighted by molar-refractivity contribution is 0.711. The zero-order valence-corrected chi connectivity index (χ0v) is 10.0. The van der Waals surface area contributed by atoms with E-state index in [9.17, 15) is 0 Å². The van der Waals surface area contributed by atoms with Gasteiger partial charge in [-0.05, 0) is 42.7 Å². The molecule has 0 saturated carbocycles. The van der Waals surface area contributed by atoms with Crippen LogP contribution < -0.4 is 11.1 Å². The summed E-state index contributed by atoms with van der Waals surface area (Å²) in [5.74, 6) is 1.59. The molecule has 5 heteroatoms. The maximum Gasteiger partial charge on any atom is 0.144 e. The molecule has 0 amide bonds. The van der Waals surface area contributed by atoms with Gasteiger partial charge >= 0.3 is 0 Å². The van der Waals surface area contributed by atoms with Gasteiger partial charge in [0.15, 0.2) is 0 Å². The zero-order valence-electron chi connectivity index (χ0n) is 8.42. The molecule has 1 aromatic heterocycles. The summed E-state index contributed by atoms with van der Waals surface area (Å²) >= 11 is 3.39. The minimum atomic E-state index is 0.325. The van der Waals surface area contributed by atoms with Crippen LogP contribution in [0.1, 0.15) is 19.2 Å². The summed E-state index contributed by atoms with van der Waals surface area (Å²) < 4.78 is 0.881. The lowest BCUT2D eigenvalue weighted by Gasteiger charge is -2.14. The molecule has 1 aromatic rings. The van der Waals surface area contributed by atoms with Gasteiger partial charge < -0.3 is 11.1 Å². The van der Waals surface area contributed by atoms with Crippen molar-refractivity contribution in [2.75, 3.05) is 11.9 Å². The van der Waals surface area contributed by atoms with Crippen molar-refractivity contribution in [2.24, 2.45) is 5.73 Å². The molecule has 0 aliphatic heterocycles. The van der Waals surface area contributed by atoms with Crippen LogP contribution in [0.3, 0.4) is 0 Å². The maximum absolute atomic E-state index is 5.47. The van der Waals surface area contributed by atoms with E-state index in [4.69, 9.17) is 5.73 Å². The maximum atomic E-state index is 5.47. The predicted octanol–water partition coefficient (Wildman–Crippen LogP) is 1.70. The highest BCUT2D eigenvalue weighted by molar-refractivity contribution is 9.10. The highest BCUT2D eigenvalue weighted by Gasteiger charge is 2.06. The Morgan fingerprint density at radius 1 is 1.64 bits per heavy atom. The van der Waals surface area contributed by atoms with Crippen LogP contribution in [0.4, 0.5) is 5.82 Å². The second-order valence-electron chi connectivity index (χ2n) is 3.24. The van der Waals surface area contributed by atoms with Gasteiger partial charge in [0.05, 0.1) is 4.47 Å². The van der Waals surface area contributed by atoms with E-state index in [0.717, 1.165) is 22.5 Å².